The molecule has 0 amide bonds. The molecule has 2 aromatic heterocycles. The van der Waals surface area contributed by atoms with Crippen LogP contribution in [-0.2, 0) is 9.53 Å². The predicted molar refractivity (Wildman–Crippen MR) is 88.2 cm³/mol. The molecule has 3 rings (SSSR count). The number of aromatic nitrogens is 4. The molecular formula is C15H11F3N4O2S2. The number of hydrogen-bond donors (Lipinski definition) is 0. The van der Waals surface area contributed by atoms with Crippen molar-refractivity contribution in [3.8, 4) is 0 Å². The molecule has 0 bridgehead atoms. The molecule has 0 saturated carbocycles. The van der Waals surface area contributed by atoms with Gasteiger partial charge < -0.3 is 4.74 Å². The second-order valence-corrected chi connectivity index (χ2v) is 7.66. The van der Waals surface area contributed by atoms with Crippen LogP contribution in [0.4, 0.5) is 13.2 Å². The van der Waals surface area contributed by atoms with Crippen molar-refractivity contribution in [3.05, 3.63) is 48.6 Å². The number of alkyl halides is 3. The Kier molecular flexibility index (Phi) is 5.19. The highest BCUT2D eigenvalue weighted by Crippen LogP contribution is 2.45. The number of halogens is 3. The SMILES string of the molecule is CC1(Sc2ncccn2)C=C(C(Sc2ncccn2)C(F)(F)F)C(=O)O1. The van der Waals surface area contributed by atoms with Gasteiger partial charge in [0.25, 0.3) is 0 Å². The lowest BCUT2D eigenvalue weighted by atomic mass is 10.1. The predicted octanol–water partition coefficient (Wildman–Crippen LogP) is 3.28. The van der Waals surface area contributed by atoms with Crippen molar-refractivity contribution in [2.24, 2.45) is 0 Å². The summed E-state index contributed by atoms with van der Waals surface area (Å²) >= 11 is 1.29. The highest BCUT2D eigenvalue weighted by Gasteiger charge is 2.51. The summed E-state index contributed by atoms with van der Waals surface area (Å²) in [5.41, 5.74) is -0.499. The van der Waals surface area contributed by atoms with Crippen molar-refractivity contribution >= 4 is 29.5 Å². The lowest BCUT2D eigenvalue weighted by Gasteiger charge is -2.18. The molecule has 26 heavy (non-hydrogen) atoms. The first-order chi connectivity index (χ1) is 12.3. The monoisotopic (exact) mass is 400 g/mol. The molecule has 2 aromatic rings. The van der Waals surface area contributed by atoms with Crippen LogP contribution in [0, 0.1) is 0 Å². The average molecular weight is 400 g/mol. The third kappa shape index (κ3) is 4.33. The molecule has 0 aromatic carbocycles. The highest BCUT2D eigenvalue weighted by atomic mass is 32.2. The minimum atomic E-state index is -4.69. The van der Waals surface area contributed by atoms with Gasteiger partial charge in [-0.05, 0) is 36.9 Å². The van der Waals surface area contributed by atoms with E-state index in [9.17, 15) is 18.0 Å². The maximum absolute atomic E-state index is 13.6. The molecule has 11 heteroatoms. The lowest BCUT2D eigenvalue weighted by molar-refractivity contribution is -0.145. The van der Waals surface area contributed by atoms with Crippen LogP contribution >= 0.6 is 23.5 Å². The molecule has 6 nitrogen and oxygen atoms in total. The number of carbonyl (C=O) groups is 1. The van der Waals surface area contributed by atoms with Gasteiger partial charge in [-0.3, -0.25) is 0 Å². The normalized spacial score (nSPS) is 21.2. The van der Waals surface area contributed by atoms with Crippen molar-refractivity contribution in [2.45, 2.75) is 33.6 Å². The topological polar surface area (TPSA) is 77.9 Å². The van der Waals surface area contributed by atoms with Gasteiger partial charge in [0.2, 0.25) is 0 Å². The van der Waals surface area contributed by atoms with Crippen LogP contribution in [0.15, 0.2) is 58.9 Å². The number of ether oxygens (including phenoxy) is 1. The number of hydrogen-bond acceptors (Lipinski definition) is 8. The molecule has 0 N–H and O–H groups in total. The van der Waals surface area contributed by atoms with Crippen LogP contribution in [0.2, 0.25) is 0 Å². The summed E-state index contributed by atoms with van der Waals surface area (Å²) in [5.74, 6) is -1.04. The number of carbonyl (C=O) groups excluding carboxylic acids is 1. The zero-order chi connectivity index (χ0) is 18.8. The highest BCUT2D eigenvalue weighted by molar-refractivity contribution is 8.00. The van der Waals surface area contributed by atoms with Crippen LogP contribution in [0.5, 0.6) is 0 Å². The zero-order valence-electron chi connectivity index (χ0n) is 13.2. The van der Waals surface area contributed by atoms with Crippen LogP contribution in [-0.4, -0.2) is 42.3 Å². The van der Waals surface area contributed by atoms with E-state index in [1.165, 1.54) is 37.8 Å². The molecule has 0 saturated heterocycles. The number of esters is 1. The molecule has 0 fully saturated rings. The summed E-state index contributed by atoms with van der Waals surface area (Å²) in [6.07, 6.45) is 2.11. The van der Waals surface area contributed by atoms with E-state index in [2.05, 4.69) is 19.9 Å². The standard InChI is InChI=1S/C15H11F3N4O2S2/c1-14(26-13-21-6-3-7-22-13)8-9(11(23)24-14)10(15(16,17)18)25-12-19-4-2-5-20-12/h2-8,10H,1H3. The van der Waals surface area contributed by atoms with Gasteiger partial charge in [0, 0.05) is 24.8 Å². The Labute approximate surface area is 154 Å². The van der Waals surface area contributed by atoms with E-state index < -0.39 is 27.9 Å². The molecule has 3 heterocycles. The first kappa shape index (κ1) is 18.6. The minimum Gasteiger partial charge on any atom is -0.440 e. The number of cyclic esters (lactones) is 1. The van der Waals surface area contributed by atoms with Crippen LogP contribution in [0.1, 0.15) is 6.92 Å². The Balaban J connectivity index is 1.89. The molecule has 136 valence electrons. The fourth-order valence-electron chi connectivity index (χ4n) is 2.12. The van der Waals surface area contributed by atoms with Crippen molar-refractivity contribution < 1.29 is 22.7 Å². The van der Waals surface area contributed by atoms with E-state index >= 15 is 0 Å². The van der Waals surface area contributed by atoms with E-state index in [-0.39, 0.29) is 10.3 Å². The molecule has 1 aliphatic rings. The second kappa shape index (κ2) is 7.23. The van der Waals surface area contributed by atoms with Crippen molar-refractivity contribution in [2.75, 3.05) is 0 Å². The summed E-state index contributed by atoms with van der Waals surface area (Å²) in [6, 6.07) is 3.09. The van der Waals surface area contributed by atoms with E-state index in [1.54, 1.807) is 6.07 Å². The summed E-state index contributed by atoms with van der Waals surface area (Å²) in [4.78, 5) is 26.3. The molecule has 0 spiro atoms. The molecule has 2 unspecified atom stereocenters. The van der Waals surface area contributed by atoms with Crippen molar-refractivity contribution in [3.63, 3.8) is 0 Å². The Morgan fingerprint density at radius 1 is 1.04 bits per heavy atom. The Bertz CT molecular complexity index is 821. The van der Waals surface area contributed by atoms with Gasteiger partial charge in [-0.25, -0.2) is 24.7 Å². The fraction of sp³-hybridized carbons (Fsp3) is 0.267. The molecule has 1 aliphatic heterocycles. The van der Waals surface area contributed by atoms with Crippen LogP contribution < -0.4 is 0 Å². The molecular weight excluding hydrogens is 389 g/mol. The third-order valence-electron chi connectivity index (χ3n) is 3.13. The van der Waals surface area contributed by atoms with E-state index in [0.717, 1.165) is 17.8 Å². The van der Waals surface area contributed by atoms with E-state index in [0.29, 0.717) is 11.8 Å². The van der Waals surface area contributed by atoms with Gasteiger partial charge in [0.15, 0.2) is 15.2 Å². The molecule has 0 aliphatic carbocycles. The largest absolute Gasteiger partial charge is 0.440 e. The average Bonchev–Trinajstić information content (AvgIpc) is 2.87. The number of nitrogens with zero attached hydrogens (tertiary/aromatic N) is 4. The van der Waals surface area contributed by atoms with Gasteiger partial charge in [0.05, 0.1) is 5.57 Å². The van der Waals surface area contributed by atoms with Gasteiger partial charge in [0.1, 0.15) is 5.25 Å². The maximum atomic E-state index is 13.6. The quantitative estimate of drug-likeness (QED) is 0.430. The smallest absolute Gasteiger partial charge is 0.405 e. The first-order valence-electron chi connectivity index (χ1n) is 7.19. The van der Waals surface area contributed by atoms with Crippen molar-refractivity contribution in [1.82, 2.24) is 19.9 Å². The summed E-state index contributed by atoms with van der Waals surface area (Å²) in [6.45, 7) is 1.48. The van der Waals surface area contributed by atoms with Gasteiger partial charge in [-0.2, -0.15) is 13.2 Å². The third-order valence-corrected chi connectivity index (χ3v) is 5.31. The summed E-state index contributed by atoms with van der Waals surface area (Å²) in [5, 5.41) is -1.95. The first-order valence-corrected chi connectivity index (χ1v) is 8.89. The van der Waals surface area contributed by atoms with Gasteiger partial charge >= 0.3 is 12.1 Å². The van der Waals surface area contributed by atoms with Gasteiger partial charge in [-0.1, -0.05) is 11.8 Å². The Hall–Kier alpha value is -2.14. The maximum Gasteiger partial charge on any atom is 0.405 e. The number of thioether (sulfide) groups is 2. The molecule has 0 radical (unpaired) electrons. The van der Waals surface area contributed by atoms with Gasteiger partial charge in [-0.15, -0.1) is 0 Å². The van der Waals surface area contributed by atoms with E-state index in [1.807, 2.05) is 0 Å². The Morgan fingerprint density at radius 2 is 1.58 bits per heavy atom. The zero-order valence-corrected chi connectivity index (χ0v) is 14.8. The summed E-state index contributed by atoms with van der Waals surface area (Å²) in [7, 11) is 0. The van der Waals surface area contributed by atoms with E-state index in [4.69, 9.17) is 4.74 Å². The number of rotatable bonds is 5. The fourth-order valence-corrected chi connectivity index (χ4v) is 3.90. The minimum absolute atomic E-state index is 0.0869. The van der Waals surface area contributed by atoms with Crippen LogP contribution in [0.25, 0.3) is 0 Å². The Morgan fingerprint density at radius 3 is 2.12 bits per heavy atom. The summed E-state index contributed by atoms with van der Waals surface area (Å²) < 4.78 is 45.8. The molecule has 2 atom stereocenters. The lowest BCUT2D eigenvalue weighted by Crippen LogP contribution is -2.30. The second-order valence-electron chi connectivity index (χ2n) is 5.21. The van der Waals surface area contributed by atoms with Crippen LogP contribution in [0.3, 0.4) is 0 Å². The van der Waals surface area contributed by atoms with Crippen molar-refractivity contribution in [1.29, 1.82) is 0 Å².